The monoisotopic (exact) mass is 327 g/mol. The highest BCUT2D eigenvalue weighted by atomic mass is 16.1. The van der Waals surface area contributed by atoms with Crippen molar-refractivity contribution in [3.63, 3.8) is 0 Å². The highest BCUT2D eigenvalue weighted by molar-refractivity contribution is 5.95. The molecule has 3 N–H and O–H groups in total. The van der Waals surface area contributed by atoms with Gasteiger partial charge in [-0.1, -0.05) is 17.7 Å². The van der Waals surface area contributed by atoms with Crippen molar-refractivity contribution in [2.75, 3.05) is 30.3 Å². The SMILES string of the molecule is CCNc1nc(C)cc(NCCNC(=O)c2cc(C)ccc2C)n1. The van der Waals surface area contributed by atoms with Crippen LogP contribution in [0, 0.1) is 20.8 Å². The summed E-state index contributed by atoms with van der Waals surface area (Å²) < 4.78 is 0. The number of aryl methyl sites for hydroxylation is 3. The molecule has 128 valence electrons. The largest absolute Gasteiger partial charge is 0.368 e. The minimum Gasteiger partial charge on any atom is -0.368 e. The lowest BCUT2D eigenvalue weighted by atomic mass is 10.1. The van der Waals surface area contributed by atoms with E-state index in [1.807, 2.05) is 52.0 Å². The van der Waals surface area contributed by atoms with E-state index in [0.29, 0.717) is 19.0 Å². The summed E-state index contributed by atoms with van der Waals surface area (Å²) in [6.45, 7) is 9.74. The third-order valence-electron chi connectivity index (χ3n) is 3.54. The van der Waals surface area contributed by atoms with E-state index in [4.69, 9.17) is 0 Å². The van der Waals surface area contributed by atoms with E-state index in [2.05, 4.69) is 25.9 Å². The molecule has 2 rings (SSSR count). The highest BCUT2D eigenvalue weighted by Crippen LogP contribution is 2.11. The molecule has 0 saturated heterocycles. The summed E-state index contributed by atoms with van der Waals surface area (Å²) in [6.07, 6.45) is 0. The Morgan fingerprint density at radius 3 is 2.58 bits per heavy atom. The van der Waals surface area contributed by atoms with Gasteiger partial charge in [-0.3, -0.25) is 4.79 Å². The number of rotatable bonds is 7. The van der Waals surface area contributed by atoms with Crippen LogP contribution in [0.25, 0.3) is 0 Å². The Kier molecular flexibility index (Phi) is 6.12. The van der Waals surface area contributed by atoms with Gasteiger partial charge in [0.05, 0.1) is 0 Å². The Morgan fingerprint density at radius 1 is 1.04 bits per heavy atom. The molecule has 24 heavy (non-hydrogen) atoms. The summed E-state index contributed by atoms with van der Waals surface area (Å²) in [6, 6.07) is 7.77. The molecule has 0 aliphatic rings. The van der Waals surface area contributed by atoms with Crippen LogP contribution in [0.15, 0.2) is 24.3 Å². The summed E-state index contributed by atoms with van der Waals surface area (Å²) in [4.78, 5) is 20.9. The molecule has 1 amide bonds. The first-order valence-corrected chi connectivity index (χ1v) is 8.18. The van der Waals surface area contributed by atoms with Crippen LogP contribution in [-0.4, -0.2) is 35.5 Å². The lowest BCUT2D eigenvalue weighted by Gasteiger charge is -2.11. The molecule has 0 spiro atoms. The molecule has 0 aliphatic carbocycles. The van der Waals surface area contributed by atoms with Crippen LogP contribution in [0.1, 0.15) is 34.1 Å². The van der Waals surface area contributed by atoms with Crippen LogP contribution >= 0.6 is 0 Å². The van der Waals surface area contributed by atoms with Crippen molar-refractivity contribution < 1.29 is 4.79 Å². The first kappa shape index (κ1) is 17.7. The van der Waals surface area contributed by atoms with Gasteiger partial charge in [0.1, 0.15) is 5.82 Å². The molecule has 1 aromatic heterocycles. The number of hydrogen-bond acceptors (Lipinski definition) is 5. The van der Waals surface area contributed by atoms with Crippen molar-refractivity contribution in [3.05, 3.63) is 46.6 Å². The Labute approximate surface area is 143 Å². The van der Waals surface area contributed by atoms with E-state index >= 15 is 0 Å². The van der Waals surface area contributed by atoms with Gasteiger partial charge in [-0.25, -0.2) is 4.98 Å². The van der Waals surface area contributed by atoms with Crippen LogP contribution in [0.3, 0.4) is 0 Å². The van der Waals surface area contributed by atoms with Crippen molar-refractivity contribution in [1.29, 1.82) is 0 Å². The maximum atomic E-state index is 12.2. The quantitative estimate of drug-likeness (QED) is 0.681. The van der Waals surface area contributed by atoms with Gasteiger partial charge in [0, 0.05) is 37.0 Å². The number of amides is 1. The molecular formula is C18H25N5O. The van der Waals surface area contributed by atoms with Crippen LogP contribution in [0.5, 0.6) is 0 Å². The first-order valence-electron chi connectivity index (χ1n) is 8.18. The van der Waals surface area contributed by atoms with Crippen LogP contribution in [0.2, 0.25) is 0 Å². The fourth-order valence-electron chi connectivity index (χ4n) is 2.34. The molecule has 1 heterocycles. The summed E-state index contributed by atoms with van der Waals surface area (Å²) in [5.41, 5.74) is 3.68. The molecule has 2 aromatic rings. The van der Waals surface area contributed by atoms with E-state index in [-0.39, 0.29) is 5.91 Å². The number of benzene rings is 1. The minimum absolute atomic E-state index is 0.0507. The highest BCUT2D eigenvalue weighted by Gasteiger charge is 2.08. The van der Waals surface area contributed by atoms with E-state index in [0.717, 1.165) is 34.7 Å². The van der Waals surface area contributed by atoms with Crippen LogP contribution in [0.4, 0.5) is 11.8 Å². The maximum Gasteiger partial charge on any atom is 0.251 e. The van der Waals surface area contributed by atoms with Gasteiger partial charge in [-0.2, -0.15) is 4.98 Å². The van der Waals surface area contributed by atoms with Gasteiger partial charge in [-0.15, -0.1) is 0 Å². The topological polar surface area (TPSA) is 78.9 Å². The normalized spacial score (nSPS) is 10.3. The summed E-state index contributed by atoms with van der Waals surface area (Å²) in [5, 5.41) is 9.24. The zero-order valence-corrected chi connectivity index (χ0v) is 14.7. The fraction of sp³-hybridized carbons (Fsp3) is 0.389. The molecule has 0 atom stereocenters. The average molecular weight is 327 g/mol. The van der Waals surface area contributed by atoms with Crippen molar-refractivity contribution >= 4 is 17.7 Å². The number of hydrogen-bond donors (Lipinski definition) is 3. The van der Waals surface area contributed by atoms with E-state index in [9.17, 15) is 4.79 Å². The number of anilines is 2. The van der Waals surface area contributed by atoms with Crippen LogP contribution in [-0.2, 0) is 0 Å². The maximum absolute atomic E-state index is 12.2. The molecule has 1 aromatic carbocycles. The molecule has 0 aliphatic heterocycles. The minimum atomic E-state index is -0.0507. The number of nitrogens with one attached hydrogen (secondary N) is 3. The van der Waals surface area contributed by atoms with Crippen molar-refractivity contribution in [2.24, 2.45) is 0 Å². The smallest absolute Gasteiger partial charge is 0.251 e. The van der Waals surface area contributed by atoms with E-state index in [1.165, 1.54) is 0 Å². The second-order valence-corrected chi connectivity index (χ2v) is 5.75. The Bertz CT molecular complexity index is 715. The number of aromatic nitrogens is 2. The summed E-state index contributed by atoms with van der Waals surface area (Å²) in [5.74, 6) is 1.31. The molecule has 0 unspecified atom stereocenters. The number of carbonyl (C=O) groups is 1. The van der Waals surface area contributed by atoms with Gasteiger partial charge in [0.2, 0.25) is 5.95 Å². The molecule has 0 radical (unpaired) electrons. The third-order valence-corrected chi connectivity index (χ3v) is 3.54. The average Bonchev–Trinajstić information content (AvgIpc) is 2.53. The van der Waals surface area contributed by atoms with E-state index in [1.54, 1.807) is 0 Å². The van der Waals surface area contributed by atoms with Gasteiger partial charge >= 0.3 is 0 Å². The van der Waals surface area contributed by atoms with Gasteiger partial charge < -0.3 is 16.0 Å². The zero-order valence-electron chi connectivity index (χ0n) is 14.7. The molecule has 0 bridgehead atoms. The molecule has 6 heteroatoms. The second kappa shape index (κ2) is 8.29. The standard InChI is InChI=1S/C18H25N5O/c1-5-19-18-22-14(4)11-16(23-18)20-8-9-21-17(24)15-10-12(2)6-7-13(15)3/h6-7,10-11H,5,8-9H2,1-4H3,(H,21,24)(H2,19,20,22,23). The molecule has 0 saturated carbocycles. The predicted octanol–water partition coefficient (Wildman–Crippen LogP) is 2.68. The zero-order chi connectivity index (χ0) is 17.5. The molecule has 6 nitrogen and oxygen atoms in total. The third kappa shape index (κ3) is 4.94. The molecular weight excluding hydrogens is 302 g/mol. The summed E-state index contributed by atoms with van der Waals surface area (Å²) in [7, 11) is 0. The second-order valence-electron chi connectivity index (χ2n) is 5.75. The van der Waals surface area contributed by atoms with Gasteiger partial charge in [0.15, 0.2) is 0 Å². The number of carbonyl (C=O) groups excluding carboxylic acids is 1. The van der Waals surface area contributed by atoms with Gasteiger partial charge in [-0.05, 0) is 39.3 Å². The van der Waals surface area contributed by atoms with Crippen molar-refractivity contribution in [1.82, 2.24) is 15.3 Å². The van der Waals surface area contributed by atoms with E-state index < -0.39 is 0 Å². The molecule has 0 fully saturated rings. The number of nitrogens with zero attached hydrogens (tertiary/aromatic N) is 2. The van der Waals surface area contributed by atoms with Crippen molar-refractivity contribution in [3.8, 4) is 0 Å². The summed E-state index contributed by atoms with van der Waals surface area (Å²) >= 11 is 0. The van der Waals surface area contributed by atoms with Crippen molar-refractivity contribution in [2.45, 2.75) is 27.7 Å². The Hall–Kier alpha value is -2.63. The fourth-order valence-corrected chi connectivity index (χ4v) is 2.34. The first-order chi connectivity index (χ1) is 11.5. The van der Waals surface area contributed by atoms with Gasteiger partial charge in [0.25, 0.3) is 5.91 Å². The Balaban J connectivity index is 1.86. The predicted molar refractivity (Wildman–Crippen MR) is 97.7 cm³/mol. The Morgan fingerprint density at radius 2 is 1.83 bits per heavy atom. The lowest BCUT2D eigenvalue weighted by Crippen LogP contribution is -2.29. The van der Waals surface area contributed by atoms with Crippen LogP contribution < -0.4 is 16.0 Å². The lowest BCUT2D eigenvalue weighted by molar-refractivity contribution is 0.0954.